The molecule has 0 bridgehead atoms. The molecule has 0 radical (unpaired) electrons. The minimum atomic E-state index is 0.165. The van der Waals surface area contributed by atoms with Crippen LogP contribution in [0.1, 0.15) is 37.4 Å². The fraction of sp³-hybridized carbons (Fsp3) is 0.364. The quantitative estimate of drug-likeness (QED) is 0.886. The van der Waals surface area contributed by atoms with Gasteiger partial charge in [0, 0.05) is 0 Å². The summed E-state index contributed by atoms with van der Waals surface area (Å²) >= 11 is 6.15. The van der Waals surface area contributed by atoms with Crippen LogP contribution in [0.25, 0.3) is 5.52 Å². The van der Waals surface area contributed by atoms with Gasteiger partial charge in [0.2, 0.25) is 5.95 Å². The molecule has 88 valence electrons. The van der Waals surface area contributed by atoms with Crippen LogP contribution in [0.3, 0.4) is 0 Å². The van der Waals surface area contributed by atoms with Gasteiger partial charge in [0.05, 0.1) is 22.5 Å². The van der Waals surface area contributed by atoms with Gasteiger partial charge in [-0.3, -0.25) is 0 Å². The second-order valence-electron chi connectivity index (χ2n) is 3.91. The van der Waals surface area contributed by atoms with Crippen molar-refractivity contribution in [2.75, 3.05) is 5.73 Å². The van der Waals surface area contributed by atoms with Gasteiger partial charge in [0.1, 0.15) is 11.6 Å². The predicted octanol–water partition coefficient (Wildman–Crippen LogP) is 2.35. The number of aromatic nitrogens is 3. The molecule has 5 nitrogen and oxygen atoms in total. The molecule has 2 aromatic rings. The van der Waals surface area contributed by atoms with Crippen molar-refractivity contribution in [3.05, 3.63) is 22.5 Å². The van der Waals surface area contributed by atoms with E-state index in [0.29, 0.717) is 16.1 Å². The van der Waals surface area contributed by atoms with E-state index in [1.54, 1.807) is 4.52 Å². The zero-order chi connectivity index (χ0) is 12.6. The lowest BCUT2D eigenvalue weighted by Gasteiger charge is -2.08. The molecule has 0 aliphatic carbocycles. The first-order valence-electron chi connectivity index (χ1n) is 5.32. The Morgan fingerprint density at radius 1 is 1.65 bits per heavy atom. The molecule has 2 heterocycles. The molecule has 17 heavy (non-hydrogen) atoms. The van der Waals surface area contributed by atoms with Crippen LogP contribution in [-0.2, 0) is 0 Å². The molecule has 0 saturated heterocycles. The van der Waals surface area contributed by atoms with Gasteiger partial charge in [0.25, 0.3) is 0 Å². The number of nitrogens with zero attached hydrogens (tertiary/aromatic N) is 4. The maximum Gasteiger partial charge on any atom is 0.238 e. The third-order valence-corrected chi connectivity index (χ3v) is 3.25. The highest BCUT2D eigenvalue weighted by Gasteiger charge is 2.21. The van der Waals surface area contributed by atoms with Crippen molar-refractivity contribution in [2.45, 2.75) is 26.2 Å². The molecule has 1 atom stereocenters. The number of rotatable bonds is 2. The maximum atomic E-state index is 9.19. The monoisotopic (exact) mass is 249 g/mol. The van der Waals surface area contributed by atoms with E-state index >= 15 is 0 Å². The van der Waals surface area contributed by atoms with Gasteiger partial charge in [0.15, 0.2) is 0 Å². The van der Waals surface area contributed by atoms with E-state index in [4.69, 9.17) is 17.3 Å². The van der Waals surface area contributed by atoms with Gasteiger partial charge in [-0.15, -0.1) is 5.10 Å². The second-order valence-corrected chi connectivity index (χ2v) is 4.29. The Labute approximate surface area is 104 Å². The Hall–Kier alpha value is -1.80. The molecule has 0 spiro atoms. The Morgan fingerprint density at radius 3 is 2.94 bits per heavy atom. The number of anilines is 1. The van der Waals surface area contributed by atoms with E-state index in [2.05, 4.69) is 16.2 Å². The number of hydrogen-bond donors (Lipinski definition) is 1. The Kier molecular flexibility index (Phi) is 2.90. The fourth-order valence-electron chi connectivity index (χ4n) is 1.80. The van der Waals surface area contributed by atoms with Crippen molar-refractivity contribution in [1.82, 2.24) is 14.6 Å². The summed E-state index contributed by atoms with van der Waals surface area (Å²) < 4.78 is 1.62. The summed E-state index contributed by atoms with van der Waals surface area (Å²) in [6.07, 6.45) is 2.43. The highest BCUT2D eigenvalue weighted by atomic mass is 35.5. The Balaban J connectivity index is 2.87. The number of fused-ring (bicyclic) bond motifs is 1. The SMILES string of the molecule is CCC(C)c1c(C#N)c(Cl)c2cnc(N)nn12. The maximum absolute atomic E-state index is 9.19. The minimum absolute atomic E-state index is 0.165. The summed E-state index contributed by atoms with van der Waals surface area (Å²) in [6.45, 7) is 4.07. The number of nitrogen functional groups attached to an aromatic ring is 1. The molecule has 1 unspecified atom stereocenters. The van der Waals surface area contributed by atoms with Gasteiger partial charge in [-0.2, -0.15) is 5.26 Å². The zero-order valence-corrected chi connectivity index (χ0v) is 10.4. The second kappa shape index (κ2) is 4.22. The minimum Gasteiger partial charge on any atom is -0.367 e. The predicted molar refractivity (Wildman–Crippen MR) is 65.8 cm³/mol. The molecule has 0 aromatic carbocycles. The first kappa shape index (κ1) is 11.7. The highest BCUT2D eigenvalue weighted by Crippen LogP contribution is 2.32. The van der Waals surface area contributed by atoms with Crippen molar-refractivity contribution in [3.63, 3.8) is 0 Å². The summed E-state index contributed by atoms with van der Waals surface area (Å²) in [7, 11) is 0. The molecule has 0 amide bonds. The van der Waals surface area contributed by atoms with Crippen LogP contribution in [-0.4, -0.2) is 14.6 Å². The lowest BCUT2D eigenvalue weighted by atomic mass is 10.0. The standard InChI is InChI=1S/C11H12ClN5/c1-3-6(2)10-7(4-13)9(12)8-5-15-11(14)16-17(8)10/h5-6H,3H2,1-2H3,(H2,14,16). The van der Waals surface area contributed by atoms with Crippen molar-refractivity contribution < 1.29 is 0 Å². The lowest BCUT2D eigenvalue weighted by Crippen LogP contribution is -2.06. The summed E-state index contributed by atoms with van der Waals surface area (Å²) in [5.74, 6) is 0.345. The molecule has 0 fully saturated rings. The molecule has 6 heteroatoms. The average molecular weight is 250 g/mol. The van der Waals surface area contributed by atoms with E-state index in [-0.39, 0.29) is 11.9 Å². The van der Waals surface area contributed by atoms with E-state index in [1.165, 1.54) is 6.20 Å². The molecular formula is C11H12ClN5. The Bertz CT molecular complexity index is 610. The van der Waals surface area contributed by atoms with Crippen molar-refractivity contribution in [1.29, 1.82) is 5.26 Å². The number of halogens is 1. The van der Waals surface area contributed by atoms with Crippen LogP contribution >= 0.6 is 11.6 Å². The largest absolute Gasteiger partial charge is 0.367 e. The number of nitriles is 1. The van der Waals surface area contributed by atoms with Gasteiger partial charge >= 0.3 is 0 Å². The summed E-state index contributed by atoms with van der Waals surface area (Å²) in [6, 6.07) is 2.13. The summed E-state index contributed by atoms with van der Waals surface area (Å²) in [5.41, 5.74) is 7.44. The van der Waals surface area contributed by atoms with E-state index < -0.39 is 0 Å². The third kappa shape index (κ3) is 1.71. The van der Waals surface area contributed by atoms with Crippen LogP contribution in [0.5, 0.6) is 0 Å². The molecule has 0 aliphatic heterocycles. The lowest BCUT2D eigenvalue weighted by molar-refractivity contribution is 0.674. The van der Waals surface area contributed by atoms with Gasteiger partial charge in [-0.05, 0) is 12.3 Å². The first-order valence-corrected chi connectivity index (χ1v) is 5.70. The molecule has 2 aromatic heterocycles. The van der Waals surface area contributed by atoms with Crippen LogP contribution in [0.2, 0.25) is 5.02 Å². The van der Waals surface area contributed by atoms with E-state index in [1.807, 2.05) is 13.8 Å². The molecule has 2 rings (SSSR count). The summed E-state index contributed by atoms with van der Waals surface area (Å²) in [5, 5.41) is 13.7. The van der Waals surface area contributed by atoms with E-state index in [9.17, 15) is 5.26 Å². The molecule has 2 N–H and O–H groups in total. The third-order valence-electron chi connectivity index (χ3n) is 2.87. The van der Waals surface area contributed by atoms with Crippen molar-refractivity contribution in [3.8, 4) is 6.07 Å². The van der Waals surface area contributed by atoms with Gasteiger partial charge < -0.3 is 5.73 Å². The fourth-order valence-corrected chi connectivity index (χ4v) is 2.07. The summed E-state index contributed by atoms with van der Waals surface area (Å²) in [4.78, 5) is 3.89. The van der Waals surface area contributed by atoms with Crippen molar-refractivity contribution in [2.24, 2.45) is 0 Å². The zero-order valence-electron chi connectivity index (χ0n) is 9.61. The number of hydrogen-bond acceptors (Lipinski definition) is 4. The molecular weight excluding hydrogens is 238 g/mol. The van der Waals surface area contributed by atoms with E-state index in [0.717, 1.165) is 12.1 Å². The Morgan fingerprint density at radius 2 is 2.35 bits per heavy atom. The molecule has 0 saturated carbocycles. The van der Waals surface area contributed by atoms with Gasteiger partial charge in [-0.1, -0.05) is 25.4 Å². The van der Waals surface area contributed by atoms with Crippen molar-refractivity contribution >= 4 is 23.1 Å². The number of nitrogens with two attached hydrogens (primary N) is 1. The smallest absolute Gasteiger partial charge is 0.238 e. The highest BCUT2D eigenvalue weighted by molar-refractivity contribution is 6.35. The normalized spacial score (nSPS) is 12.6. The topological polar surface area (TPSA) is 80.0 Å². The van der Waals surface area contributed by atoms with Gasteiger partial charge in [-0.25, -0.2) is 9.50 Å². The van der Waals surface area contributed by atoms with Crippen LogP contribution in [0.4, 0.5) is 5.95 Å². The van der Waals surface area contributed by atoms with Crippen LogP contribution < -0.4 is 5.73 Å². The van der Waals surface area contributed by atoms with Crippen LogP contribution in [0.15, 0.2) is 6.20 Å². The van der Waals surface area contributed by atoms with Crippen LogP contribution in [0, 0.1) is 11.3 Å². The average Bonchev–Trinajstić information content (AvgIpc) is 2.60. The molecule has 0 aliphatic rings. The first-order chi connectivity index (χ1) is 8.10.